The van der Waals surface area contributed by atoms with E-state index in [9.17, 15) is 9.59 Å². The molecule has 0 spiro atoms. The van der Waals surface area contributed by atoms with Gasteiger partial charge in [0.05, 0.1) is 0 Å². The molecule has 8 heteroatoms. The second-order valence-electron chi connectivity index (χ2n) is 7.43. The van der Waals surface area contributed by atoms with Crippen LogP contribution in [-0.4, -0.2) is 61.4 Å². The minimum atomic E-state index is -0.446. The number of aryl methyl sites for hydroxylation is 2. The van der Waals surface area contributed by atoms with Crippen LogP contribution in [0.5, 0.6) is 0 Å². The molecular weight excluding hydrogens is 380 g/mol. The number of amides is 2. The van der Waals surface area contributed by atoms with E-state index in [4.69, 9.17) is 0 Å². The van der Waals surface area contributed by atoms with E-state index in [1.54, 1.807) is 28.1 Å². The van der Waals surface area contributed by atoms with Crippen molar-refractivity contribution in [1.82, 2.24) is 30.0 Å². The number of hydrogen-bond donors (Lipinski definition) is 1. The van der Waals surface area contributed by atoms with Gasteiger partial charge in [-0.15, -0.1) is 0 Å². The molecule has 154 valence electrons. The summed E-state index contributed by atoms with van der Waals surface area (Å²) in [6.07, 6.45) is 2.29. The molecule has 1 aromatic carbocycles. The standard InChI is InChI=1S/C22H24N6O2/c1-15-8-6-11-23-19(15)22(30)27-12-7-13-28(21(29)17-9-4-3-5-10-17)18(14-27)20-24-16(2)25-26-20/h3-6,8-11,18H,7,12-14H2,1-2H3,(H,24,25,26). The number of aromatic nitrogens is 4. The maximum Gasteiger partial charge on any atom is 0.272 e. The highest BCUT2D eigenvalue weighted by molar-refractivity contribution is 5.95. The predicted molar refractivity (Wildman–Crippen MR) is 111 cm³/mol. The third kappa shape index (κ3) is 3.94. The molecular formula is C22H24N6O2. The van der Waals surface area contributed by atoms with E-state index < -0.39 is 6.04 Å². The summed E-state index contributed by atoms with van der Waals surface area (Å²) in [5.41, 5.74) is 1.87. The number of carbonyl (C=O) groups is 2. The average Bonchev–Trinajstić information content (AvgIpc) is 3.07. The average molecular weight is 404 g/mol. The van der Waals surface area contributed by atoms with Crippen molar-refractivity contribution in [3.8, 4) is 0 Å². The lowest BCUT2D eigenvalue weighted by atomic mass is 10.1. The summed E-state index contributed by atoms with van der Waals surface area (Å²) < 4.78 is 0. The van der Waals surface area contributed by atoms with Crippen LogP contribution >= 0.6 is 0 Å². The number of H-pyrrole nitrogens is 1. The summed E-state index contributed by atoms with van der Waals surface area (Å²) in [7, 11) is 0. The van der Waals surface area contributed by atoms with Gasteiger partial charge in [-0.3, -0.25) is 19.7 Å². The van der Waals surface area contributed by atoms with Crippen molar-refractivity contribution in [3.63, 3.8) is 0 Å². The molecule has 0 bridgehead atoms. The number of hydrogen-bond acceptors (Lipinski definition) is 5. The van der Waals surface area contributed by atoms with Crippen molar-refractivity contribution in [2.45, 2.75) is 26.3 Å². The maximum atomic E-state index is 13.3. The molecule has 4 rings (SSSR count). The van der Waals surface area contributed by atoms with Crippen molar-refractivity contribution in [3.05, 3.63) is 77.1 Å². The van der Waals surface area contributed by atoms with Gasteiger partial charge in [0.15, 0.2) is 5.82 Å². The zero-order chi connectivity index (χ0) is 21.1. The van der Waals surface area contributed by atoms with Gasteiger partial charge in [0.25, 0.3) is 11.8 Å². The first-order valence-corrected chi connectivity index (χ1v) is 10.0. The molecule has 2 aromatic heterocycles. The second-order valence-corrected chi connectivity index (χ2v) is 7.43. The van der Waals surface area contributed by atoms with Gasteiger partial charge in [-0.2, -0.15) is 5.10 Å². The Morgan fingerprint density at radius 3 is 2.53 bits per heavy atom. The number of rotatable bonds is 3. The number of nitrogens with zero attached hydrogens (tertiary/aromatic N) is 5. The molecule has 1 aliphatic rings. The van der Waals surface area contributed by atoms with E-state index in [2.05, 4.69) is 20.2 Å². The SMILES string of the molecule is Cc1nc(C2CN(C(=O)c3ncccc3C)CCCN2C(=O)c2ccccc2)n[nH]1. The van der Waals surface area contributed by atoms with E-state index in [0.717, 1.165) is 5.56 Å². The fourth-order valence-electron chi connectivity index (χ4n) is 3.75. The van der Waals surface area contributed by atoms with Gasteiger partial charge in [0.2, 0.25) is 0 Å². The molecule has 1 fully saturated rings. The molecule has 2 amide bonds. The van der Waals surface area contributed by atoms with Gasteiger partial charge in [0, 0.05) is 31.4 Å². The Hall–Kier alpha value is -3.55. The predicted octanol–water partition coefficient (Wildman–Crippen LogP) is 2.55. The van der Waals surface area contributed by atoms with E-state index >= 15 is 0 Å². The largest absolute Gasteiger partial charge is 0.335 e. The first kappa shape index (κ1) is 19.8. The zero-order valence-electron chi connectivity index (χ0n) is 17.1. The fourth-order valence-corrected chi connectivity index (χ4v) is 3.75. The zero-order valence-corrected chi connectivity index (χ0v) is 17.1. The Balaban J connectivity index is 1.67. The molecule has 1 saturated heterocycles. The van der Waals surface area contributed by atoms with Crippen LogP contribution in [0.1, 0.15) is 50.5 Å². The number of pyridine rings is 1. The molecule has 0 radical (unpaired) electrons. The summed E-state index contributed by atoms with van der Waals surface area (Å²) in [6.45, 7) is 5.05. The molecule has 1 unspecified atom stereocenters. The lowest BCUT2D eigenvalue weighted by Gasteiger charge is -2.30. The van der Waals surface area contributed by atoms with Gasteiger partial charge in [-0.05, 0) is 44.0 Å². The Bertz CT molecular complexity index is 1050. The normalized spacial score (nSPS) is 16.9. The van der Waals surface area contributed by atoms with Gasteiger partial charge in [-0.1, -0.05) is 24.3 Å². The maximum absolute atomic E-state index is 13.3. The minimum Gasteiger partial charge on any atom is -0.335 e. The Kier molecular flexibility index (Phi) is 5.56. The van der Waals surface area contributed by atoms with Gasteiger partial charge >= 0.3 is 0 Å². The van der Waals surface area contributed by atoms with E-state index in [0.29, 0.717) is 49.0 Å². The molecule has 1 N–H and O–H groups in total. The van der Waals surface area contributed by atoms with Crippen LogP contribution < -0.4 is 0 Å². The number of benzene rings is 1. The third-order valence-electron chi connectivity index (χ3n) is 5.29. The smallest absolute Gasteiger partial charge is 0.272 e. The molecule has 30 heavy (non-hydrogen) atoms. The highest BCUT2D eigenvalue weighted by Gasteiger charge is 2.35. The highest BCUT2D eigenvalue weighted by atomic mass is 16.2. The van der Waals surface area contributed by atoms with Crippen LogP contribution in [0, 0.1) is 13.8 Å². The van der Waals surface area contributed by atoms with Crippen molar-refractivity contribution in [2.24, 2.45) is 0 Å². The fraction of sp³-hybridized carbons (Fsp3) is 0.318. The van der Waals surface area contributed by atoms with E-state index in [-0.39, 0.29) is 11.8 Å². The van der Waals surface area contributed by atoms with Crippen LogP contribution in [0.4, 0.5) is 0 Å². The lowest BCUT2D eigenvalue weighted by molar-refractivity contribution is 0.0620. The van der Waals surface area contributed by atoms with E-state index in [1.165, 1.54) is 0 Å². The Morgan fingerprint density at radius 1 is 1.03 bits per heavy atom. The number of carbonyl (C=O) groups excluding carboxylic acids is 2. The summed E-state index contributed by atoms with van der Waals surface area (Å²) in [5.74, 6) is 0.944. The molecule has 1 aliphatic heterocycles. The van der Waals surface area contributed by atoms with Gasteiger partial charge < -0.3 is 9.80 Å². The van der Waals surface area contributed by atoms with Crippen LogP contribution in [0.2, 0.25) is 0 Å². The number of aromatic amines is 1. The summed E-state index contributed by atoms with van der Waals surface area (Å²) in [5, 5.41) is 7.16. The second kappa shape index (κ2) is 8.44. The first-order valence-electron chi connectivity index (χ1n) is 10.0. The first-order chi connectivity index (χ1) is 14.5. The van der Waals surface area contributed by atoms with Gasteiger partial charge in [0.1, 0.15) is 17.6 Å². The molecule has 0 saturated carbocycles. The monoisotopic (exact) mass is 404 g/mol. The van der Waals surface area contributed by atoms with Crippen molar-refractivity contribution >= 4 is 11.8 Å². The van der Waals surface area contributed by atoms with Crippen LogP contribution in [0.15, 0.2) is 48.7 Å². The summed E-state index contributed by atoms with van der Waals surface area (Å²) in [4.78, 5) is 38.8. The molecule has 8 nitrogen and oxygen atoms in total. The molecule has 0 aliphatic carbocycles. The molecule has 3 aromatic rings. The quantitative estimate of drug-likeness (QED) is 0.724. The van der Waals surface area contributed by atoms with Crippen LogP contribution in [0.3, 0.4) is 0 Å². The molecule has 1 atom stereocenters. The third-order valence-corrected chi connectivity index (χ3v) is 5.29. The minimum absolute atomic E-state index is 0.0913. The van der Waals surface area contributed by atoms with Crippen molar-refractivity contribution < 1.29 is 9.59 Å². The molecule has 3 heterocycles. The topological polar surface area (TPSA) is 95.1 Å². The summed E-state index contributed by atoms with van der Waals surface area (Å²) >= 11 is 0. The van der Waals surface area contributed by atoms with Crippen LogP contribution in [0.25, 0.3) is 0 Å². The van der Waals surface area contributed by atoms with Crippen molar-refractivity contribution in [2.75, 3.05) is 19.6 Å². The van der Waals surface area contributed by atoms with Crippen LogP contribution in [-0.2, 0) is 0 Å². The lowest BCUT2D eigenvalue weighted by Crippen LogP contribution is -2.41. The van der Waals surface area contributed by atoms with Gasteiger partial charge in [-0.25, -0.2) is 4.98 Å². The summed E-state index contributed by atoms with van der Waals surface area (Å²) in [6, 6.07) is 12.4. The van der Waals surface area contributed by atoms with Crippen molar-refractivity contribution in [1.29, 1.82) is 0 Å². The number of nitrogens with one attached hydrogen (secondary N) is 1. The van der Waals surface area contributed by atoms with E-state index in [1.807, 2.05) is 44.2 Å². The Morgan fingerprint density at radius 2 is 1.83 bits per heavy atom. The highest BCUT2D eigenvalue weighted by Crippen LogP contribution is 2.26. The Labute approximate surface area is 175 Å².